The standard InChI is InChI=1S/C19H14ClN3/c20-16-8-6-15(7-9-16)14-21-17-10-12-19(13-11-17)23-22-18-4-2-1-3-5-18/h1-14H. The van der Waals surface area contributed by atoms with Gasteiger partial charge in [0.15, 0.2) is 0 Å². The molecule has 0 spiro atoms. The highest BCUT2D eigenvalue weighted by molar-refractivity contribution is 6.30. The van der Waals surface area contributed by atoms with Crippen LogP contribution in [0.5, 0.6) is 0 Å². The van der Waals surface area contributed by atoms with Gasteiger partial charge in [-0.3, -0.25) is 4.99 Å². The fourth-order valence-electron chi connectivity index (χ4n) is 1.91. The average Bonchev–Trinajstić information content (AvgIpc) is 2.61. The maximum absolute atomic E-state index is 5.86. The quantitative estimate of drug-likeness (QED) is 0.388. The summed E-state index contributed by atoms with van der Waals surface area (Å²) in [7, 11) is 0. The molecule has 0 aliphatic carbocycles. The summed E-state index contributed by atoms with van der Waals surface area (Å²) in [6, 6.07) is 24.8. The Morgan fingerprint density at radius 2 is 1.17 bits per heavy atom. The summed E-state index contributed by atoms with van der Waals surface area (Å²) in [5.74, 6) is 0. The van der Waals surface area contributed by atoms with Crippen molar-refractivity contribution in [3.05, 3.63) is 89.4 Å². The highest BCUT2D eigenvalue weighted by atomic mass is 35.5. The van der Waals surface area contributed by atoms with Crippen LogP contribution in [0, 0.1) is 0 Å². The first kappa shape index (κ1) is 15.1. The predicted octanol–water partition coefficient (Wildman–Crippen LogP) is 6.51. The summed E-state index contributed by atoms with van der Waals surface area (Å²) in [5, 5.41) is 9.10. The number of hydrogen-bond acceptors (Lipinski definition) is 3. The zero-order valence-corrected chi connectivity index (χ0v) is 13.1. The Morgan fingerprint density at radius 1 is 0.609 bits per heavy atom. The Bertz CT molecular complexity index is 807. The highest BCUT2D eigenvalue weighted by Crippen LogP contribution is 2.21. The Hall–Kier alpha value is -2.78. The van der Waals surface area contributed by atoms with E-state index in [0.717, 1.165) is 27.6 Å². The van der Waals surface area contributed by atoms with Crippen LogP contribution in [0.4, 0.5) is 17.1 Å². The van der Waals surface area contributed by atoms with E-state index in [-0.39, 0.29) is 0 Å². The summed E-state index contributed by atoms with van der Waals surface area (Å²) >= 11 is 5.86. The molecule has 3 rings (SSSR count). The van der Waals surface area contributed by atoms with Gasteiger partial charge in [0.1, 0.15) is 0 Å². The maximum atomic E-state index is 5.86. The van der Waals surface area contributed by atoms with E-state index in [0.29, 0.717) is 0 Å². The number of nitrogens with zero attached hydrogens (tertiary/aromatic N) is 3. The van der Waals surface area contributed by atoms with Gasteiger partial charge in [0.2, 0.25) is 0 Å². The van der Waals surface area contributed by atoms with E-state index >= 15 is 0 Å². The van der Waals surface area contributed by atoms with E-state index in [4.69, 9.17) is 11.6 Å². The topological polar surface area (TPSA) is 37.1 Å². The van der Waals surface area contributed by atoms with Gasteiger partial charge in [0.05, 0.1) is 17.1 Å². The van der Waals surface area contributed by atoms with Crippen molar-refractivity contribution in [2.45, 2.75) is 0 Å². The van der Waals surface area contributed by atoms with Gasteiger partial charge in [-0.15, -0.1) is 0 Å². The lowest BCUT2D eigenvalue weighted by Crippen LogP contribution is -1.78. The first-order valence-electron chi connectivity index (χ1n) is 7.16. The number of azo groups is 1. The summed E-state index contributed by atoms with van der Waals surface area (Å²) in [5.41, 5.74) is 3.48. The van der Waals surface area contributed by atoms with Gasteiger partial charge in [-0.05, 0) is 54.1 Å². The van der Waals surface area contributed by atoms with E-state index < -0.39 is 0 Å². The van der Waals surface area contributed by atoms with Crippen LogP contribution in [0.2, 0.25) is 5.02 Å². The molecular formula is C19H14ClN3. The fraction of sp³-hybridized carbons (Fsp3) is 0. The van der Waals surface area contributed by atoms with Crippen LogP contribution < -0.4 is 0 Å². The van der Waals surface area contributed by atoms with Crippen molar-refractivity contribution in [2.24, 2.45) is 15.2 Å². The van der Waals surface area contributed by atoms with Gasteiger partial charge >= 0.3 is 0 Å². The number of hydrogen-bond donors (Lipinski definition) is 0. The molecule has 0 aromatic heterocycles. The van der Waals surface area contributed by atoms with Crippen molar-refractivity contribution in [3.8, 4) is 0 Å². The van der Waals surface area contributed by atoms with E-state index in [2.05, 4.69) is 15.2 Å². The van der Waals surface area contributed by atoms with E-state index in [1.54, 1.807) is 6.21 Å². The Labute approximate surface area is 140 Å². The zero-order valence-electron chi connectivity index (χ0n) is 12.3. The van der Waals surface area contributed by atoms with Gasteiger partial charge in [0, 0.05) is 11.2 Å². The first-order chi connectivity index (χ1) is 11.3. The van der Waals surface area contributed by atoms with Crippen LogP contribution in [-0.4, -0.2) is 6.21 Å². The smallest absolute Gasteiger partial charge is 0.0858 e. The fourth-order valence-corrected chi connectivity index (χ4v) is 2.04. The minimum Gasteiger partial charge on any atom is -0.256 e. The summed E-state index contributed by atoms with van der Waals surface area (Å²) in [6.45, 7) is 0. The van der Waals surface area contributed by atoms with Crippen LogP contribution >= 0.6 is 11.6 Å². The van der Waals surface area contributed by atoms with Crippen LogP contribution in [0.1, 0.15) is 5.56 Å². The average molecular weight is 320 g/mol. The maximum Gasteiger partial charge on any atom is 0.0858 e. The number of benzene rings is 3. The normalized spacial score (nSPS) is 11.3. The van der Waals surface area contributed by atoms with E-state index in [1.807, 2.05) is 78.9 Å². The van der Waals surface area contributed by atoms with E-state index in [9.17, 15) is 0 Å². The molecule has 23 heavy (non-hydrogen) atoms. The second-order valence-electron chi connectivity index (χ2n) is 4.86. The zero-order chi connectivity index (χ0) is 15.9. The minimum atomic E-state index is 0.718. The van der Waals surface area contributed by atoms with Crippen molar-refractivity contribution >= 4 is 34.9 Å². The van der Waals surface area contributed by atoms with Crippen molar-refractivity contribution in [1.82, 2.24) is 0 Å². The second-order valence-corrected chi connectivity index (χ2v) is 5.30. The summed E-state index contributed by atoms with van der Waals surface area (Å²) in [6.07, 6.45) is 1.80. The van der Waals surface area contributed by atoms with Gasteiger partial charge in [-0.1, -0.05) is 41.9 Å². The molecule has 3 nitrogen and oxygen atoms in total. The SMILES string of the molecule is Clc1ccc(C=Nc2ccc(N=Nc3ccccc3)cc2)cc1. The molecule has 0 radical (unpaired) electrons. The van der Waals surface area contributed by atoms with Gasteiger partial charge < -0.3 is 0 Å². The van der Waals surface area contributed by atoms with Crippen LogP contribution in [0.25, 0.3) is 0 Å². The largest absolute Gasteiger partial charge is 0.256 e. The molecular weight excluding hydrogens is 306 g/mol. The lowest BCUT2D eigenvalue weighted by atomic mass is 10.2. The molecule has 112 valence electrons. The molecule has 3 aromatic rings. The van der Waals surface area contributed by atoms with Gasteiger partial charge in [-0.2, -0.15) is 10.2 Å². The Balaban J connectivity index is 1.67. The molecule has 0 heterocycles. The van der Waals surface area contributed by atoms with Crippen LogP contribution in [0.3, 0.4) is 0 Å². The summed E-state index contributed by atoms with van der Waals surface area (Å²) in [4.78, 5) is 4.43. The minimum absolute atomic E-state index is 0.718. The molecule has 0 atom stereocenters. The molecule has 0 N–H and O–H groups in total. The molecule has 0 aliphatic heterocycles. The van der Waals surface area contributed by atoms with Crippen molar-refractivity contribution < 1.29 is 0 Å². The third-order valence-electron chi connectivity index (χ3n) is 3.12. The van der Waals surface area contributed by atoms with Gasteiger partial charge in [0.25, 0.3) is 0 Å². The molecule has 0 unspecified atom stereocenters. The highest BCUT2D eigenvalue weighted by Gasteiger charge is 1.93. The monoisotopic (exact) mass is 319 g/mol. The number of halogens is 1. The van der Waals surface area contributed by atoms with Crippen molar-refractivity contribution in [3.63, 3.8) is 0 Å². The second kappa shape index (κ2) is 7.47. The number of aliphatic imine (C=N–C) groups is 1. The molecule has 0 saturated carbocycles. The van der Waals surface area contributed by atoms with Crippen LogP contribution in [-0.2, 0) is 0 Å². The molecule has 0 bridgehead atoms. The number of rotatable bonds is 4. The molecule has 0 amide bonds. The van der Waals surface area contributed by atoms with Crippen molar-refractivity contribution in [2.75, 3.05) is 0 Å². The summed E-state index contributed by atoms with van der Waals surface area (Å²) < 4.78 is 0. The van der Waals surface area contributed by atoms with Gasteiger partial charge in [-0.25, -0.2) is 0 Å². The molecule has 0 fully saturated rings. The molecule has 3 aromatic carbocycles. The lowest BCUT2D eigenvalue weighted by Gasteiger charge is -1.96. The van der Waals surface area contributed by atoms with Crippen molar-refractivity contribution in [1.29, 1.82) is 0 Å². The predicted molar refractivity (Wildman–Crippen MR) is 95.8 cm³/mol. The third-order valence-corrected chi connectivity index (χ3v) is 3.37. The Kier molecular flexibility index (Phi) is 4.92. The van der Waals surface area contributed by atoms with E-state index in [1.165, 1.54) is 0 Å². The molecule has 0 saturated heterocycles. The van der Waals surface area contributed by atoms with Crippen LogP contribution in [0.15, 0.2) is 94.1 Å². The first-order valence-corrected chi connectivity index (χ1v) is 7.54. The molecule has 0 aliphatic rings. The Morgan fingerprint density at radius 3 is 1.83 bits per heavy atom. The molecule has 4 heteroatoms. The lowest BCUT2D eigenvalue weighted by molar-refractivity contribution is 1.23. The third kappa shape index (κ3) is 4.59.